The fourth-order valence-electron chi connectivity index (χ4n) is 4.54. The third-order valence-electron chi connectivity index (χ3n) is 6.26. The van der Waals surface area contributed by atoms with Gasteiger partial charge < -0.3 is 14.5 Å². The van der Waals surface area contributed by atoms with E-state index in [0.29, 0.717) is 31.7 Å². The average Bonchev–Trinajstić information content (AvgIpc) is 3.43. The van der Waals surface area contributed by atoms with E-state index in [1.807, 2.05) is 29.2 Å². The SMILES string of the molecule is COc1cccc(N2CCN(C(=O)C3CC(=O)N(c4n[nH]c5cccc(F)c45)C3)CC2)c1. The maximum absolute atomic E-state index is 14.3. The van der Waals surface area contributed by atoms with Crippen molar-refractivity contribution < 1.29 is 18.7 Å². The van der Waals surface area contributed by atoms with Crippen LogP contribution in [-0.2, 0) is 9.59 Å². The summed E-state index contributed by atoms with van der Waals surface area (Å²) >= 11 is 0. The molecule has 2 aliphatic heterocycles. The van der Waals surface area contributed by atoms with Crippen LogP contribution in [0, 0.1) is 11.7 Å². The van der Waals surface area contributed by atoms with E-state index in [0.717, 1.165) is 11.4 Å². The molecule has 8 nitrogen and oxygen atoms in total. The molecule has 0 spiro atoms. The molecule has 0 radical (unpaired) electrons. The van der Waals surface area contributed by atoms with Crippen molar-refractivity contribution >= 4 is 34.2 Å². The number of methoxy groups -OCH3 is 1. The first-order valence-corrected chi connectivity index (χ1v) is 10.7. The Hall–Kier alpha value is -3.62. The molecule has 2 aliphatic rings. The fourth-order valence-corrected chi connectivity index (χ4v) is 4.54. The van der Waals surface area contributed by atoms with E-state index in [-0.39, 0.29) is 36.0 Å². The third-order valence-corrected chi connectivity index (χ3v) is 6.26. The van der Waals surface area contributed by atoms with Crippen LogP contribution in [-0.4, -0.2) is 66.7 Å². The van der Waals surface area contributed by atoms with E-state index in [1.165, 1.54) is 11.0 Å². The number of hydrogen-bond acceptors (Lipinski definition) is 5. The quantitative estimate of drug-likeness (QED) is 0.678. The molecular formula is C23H24FN5O3. The van der Waals surface area contributed by atoms with Gasteiger partial charge in [0.2, 0.25) is 11.8 Å². The van der Waals surface area contributed by atoms with Crippen molar-refractivity contribution in [3.8, 4) is 5.75 Å². The van der Waals surface area contributed by atoms with Gasteiger partial charge in [0, 0.05) is 50.9 Å². The number of aromatic amines is 1. The Morgan fingerprint density at radius 3 is 2.72 bits per heavy atom. The van der Waals surface area contributed by atoms with Gasteiger partial charge in [0.25, 0.3) is 0 Å². The van der Waals surface area contributed by atoms with Gasteiger partial charge in [-0.2, -0.15) is 5.10 Å². The predicted molar refractivity (Wildman–Crippen MR) is 118 cm³/mol. The number of amides is 2. The number of carbonyl (C=O) groups is 2. The van der Waals surface area contributed by atoms with Crippen LogP contribution in [0.2, 0.25) is 0 Å². The van der Waals surface area contributed by atoms with Gasteiger partial charge in [-0.3, -0.25) is 19.6 Å². The molecule has 0 bridgehead atoms. The minimum Gasteiger partial charge on any atom is -0.497 e. The molecule has 9 heteroatoms. The van der Waals surface area contributed by atoms with Crippen LogP contribution in [0.3, 0.4) is 0 Å². The van der Waals surface area contributed by atoms with Crippen LogP contribution in [0.4, 0.5) is 15.9 Å². The third kappa shape index (κ3) is 3.53. The van der Waals surface area contributed by atoms with Crippen molar-refractivity contribution in [3.05, 3.63) is 48.3 Å². The van der Waals surface area contributed by atoms with Gasteiger partial charge >= 0.3 is 0 Å². The van der Waals surface area contributed by atoms with E-state index in [9.17, 15) is 14.0 Å². The molecule has 3 heterocycles. The van der Waals surface area contributed by atoms with E-state index in [1.54, 1.807) is 19.2 Å². The Morgan fingerprint density at radius 2 is 1.94 bits per heavy atom. The number of carbonyl (C=O) groups excluding carboxylic acids is 2. The molecule has 1 aromatic heterocycles. The molecule has 3 aromatic rings. The van der Waals surface area contributed by atoms with Gasteiger partial charge in [-0.05, 0) is 24.3 Å². The minimum absolute atomic E-state index is 0.0357. The summed E-state index contributed by atoms with van der Waals surface area (Å²) in [6.45, 7) is 2.79. The van der Waals surface area contributed by atoms with Crippen LogP contribution < -0.4 is 14.5 Å². The minimum atomic E-state index is -0.454. The highest BCUT2D eigenvalue weighted by Crippen LogP contribution is 2.32. The number of nitrogens with zero attached hydrogens (tertiary/aromatic N) is 4. The summed E-state index contributed by atoms with van der Waals surface area (Å²) in [4.78, 5) is 31.3. The van der Waals surface area contributed by atoms with Gasteiger partial charge in [0.15, 0.2) is 5.82 Å². The van der Waals surface area contributed by atoms with Crippen LogP contribution in [0.15, 0.2) is 42.5 Å². The lowest BCUT2D eigenvalue weighted by Gasteiger charge is -2.37. The van der Waals surface area contributed by atoms with Crippen LogP contribution in [0.5, 0.6) is 5.75 Å². The molecule has 1 atom stereocenters. The van der Waals surface area contributed by atoms with Gasteiger partial charge in [-0.1, -0.05) is 12.1 Å². The van der Waals surface area contributed by atoms with E-state index >= 15 is 0 Å². The Morgan fingerprint density at radius 1 is 1.16 bits per heavy atom. The normalized spacial score (nSPS) is 19.1. The molecule has 0 saturated carbocycles. The summed E-state index contributed by atoms with van der Waals surface area (Å²) in [5.41, 5.74) is 1.59. The van der Waals surface area contributed by atoms with Crippen molar-refractivity contribution in [1.29, 1.82) is 0 Å². The number of ether oxygens (including phenoxy) is 1. The average molecular weight is 437 g/mol. The highest BCUT2D eigenvalue weighted by Gasteiger charge is 2.39. The molecule has 2 aromatic carbocycles. The van der Waals surface area contributed by atoms with Crippen molar-refractivity contribution in [2.45, 2.75) is 6.42 Å². The van der Waals surface area contributed by atoms with Crippen molar-refractivity contribution in [1.82, 2.24) is 15.1 Å². The van der Waals surface area contributed by atoms with E-state index in [4.69, 9.17) is 4.74 Å². The molecule has 1 N–H and O–H groups in total. The first kappa shape index (κ1) is 20.3. The Labute approximate surface area is 184 Å². The number of anilines is 2. The molecule has 0 aliphatic carbocycles. The monoisotopic (exact) mass is 437 g/mol. The lowest BCUT2D eigenvalue weighted by molar-refractivity contribution is -0.136. The molecule has 166 valence electrons. The summed E-state index contributed by atoms with van der Waals surface area (Å²) in [7, 11) is 1.64. The van der Waals surface area contributed by atoms with Crippen molar-refractivity contribution in [2.75, 3.05) is 49.6 Å². The molecule has 2 amide bonds. The number of hydrogen-bond donors (Lipinski definition) is 1. The number of piperazine rings is 1. The van der Waals surface area contributed by atoms with Gasteiger partial charge in [-0.15, -0.1) is 0 Å². The number of aromatic nitrogens is 2. The number of halogens is 1. The molecular weight excluding hydrogens is 413 g/mol. The Balaban J connectivity index is 1.25. The molecule has 32 heavy (non-hydrogen) atoms. The summed E-state index contributed by atoms with van der Waals surface area (Å²) in [6.07, 6.45) is 0.109. The zero-order valence-corrected chi connectivity index (χ0v) is 17.8. The van der Waals surface area contributed by atoms with E-state index in [2.05, 4.69) is 15.1 Å². The maximum Gasteiger partial charge on any atom is 0.229 e. The molecule has 1 unspecified atom stereocenters. The zero-order chi connectivity index (χ0) is 22.2. The number of nitrogens with one attached hydrogen (secondary N) is 1. The molecule has 2 saturated heterocycles. The predicted octanol–water partition coefficient (Wildman–Crippen LogP) is 2.41. The van der Waals surface area contributed by atoms with Crippen molar-refractivity contribution in [3.63, 3.8) is 0 Å². The van der Waals surface area contributed by atoms with Crippen molar-refractivity contribution in [2.24, 2.45) is 5.92 Å². The lowest BCUT2D eigenvalue weighted by atomic mass is 10.1. The number of rotatable bonds is 4. The maximum atomic E-state index is 14.3. The standard InChI is InChI=1S/C23H24FN5O3/c1-32-17-5-2-4-16(13-17)27-8-10-28(11-9-27)23(31)15-12-20(30)29(14-15)22-21-18(24)6-3-7-19(21)25-26-22/h2-7,13,15H,8-12,14H2,1H3,(H,25,26). The summed E-state index contributed by atoms with van der Waals surface area (Å²) in [5, 5.41) is 7.20. The van der Waals surface area contributed by atoms with Crippen LogP contribution >= 0.6 is 0 Å². The Bertz CT molecular complexity index is 1170. The topological polar surface area (TPSA) is 81.8 Å². The second-order valence-electron chi connectivity index (χ2n) is 8.13. The lowest BCUT2D eigenvalue weighted by Crippen LogP contribution is -2.50. The summed E-state index contributed by atoms with van der Waals surface area (Å²) < 4.78 is 19.6. The highest BCUT2D eigenvalue weighted by molar-refractivity contribution is 6.05. The van der Waals surface area contributed by atoms with Gasteiger partial charge in [0.1, 0.15) is 11.6 Å². The van der Waals surface area contributed by atoms with E-state index < -0.39 is 11.7 Å². The van der Waals surface area contributed by atoms with Crippen LogP contribution in [0.25, 0.3) is 10.9 Å². The van der Waals surface area contributed by atoms with Gasteiger partial charge in [-0.25, -0.2) is 4.39 Å². The highest BCUT2D eigenvalue weighted by atomic mass is 19.1. The largest absolute Gasteiger partial charge is 0.497 e. The number of benzene rings is 2. The molecule has 2 fully saturated rings. The Kier molecular flexibility index (Phi) is 5.16. The second-order valence-corrected chi connectivity index (χ2v) is 8.13. The first-order valence-electron chi connectivity index (χ1n) is 10.7. The second kappa shape index (κ2) is 8.14. The smallest absolute Gasteiger partial charge is 0.229 e. The summed E-state index contributed by atoms with van der Waals surface area (Å²) in [5.74, 6) is -0.0949. The zero-order valence-electron chi connectivity index (χ0n) is 17.8. The number of H-pyrrole nitrogens is 1. The fraction of sp³-hybridized carbons (Fsp3) is 0.348. The molecule has 5 rings (SSSR count). The van der Waals surface area contributed by atoms with Gasteiger partial charge in [0.05, 0.1) is 23.9 Å². The first-order chi connectivity index (χ1) is 15.5. The van der Waals surface area contributed by atoms with Crippen LogP contribution in [0.1, 0.15) is 6.42 Å². The number of fused-ring (bicyclic) bond motifs is 1. The summed E-state index contributed by atoms with van der Waals surface area (Å²) in [6, 6.07) is 12.5.